The summed E-state index contributed by atoms with van der Waals surface area (Å²) in [6, 6.07) is 7.18. The number of carbonyl (C=O) groups is 1. The summed E-state index contributed by atoms with van der Waals surface area (Å²) < 4.78 is 6.03. The molecule has 1 fully saturated rings. The maximum atomic E-state index is 11.6. The van der Waals surface area contributed by atoms with Gasteiger partial charge in [-0.05, 0) is 62.0 Å². The van der Waals surface area contributed by atoms with Crippen LogP contribution in [0.25, 0.3) is 0 Å². The summed E-state index contributed by atoms with van der Waals surface area (Å²) >= 11 is 3.55. The molecule has 1 heterocycles. The molecule has 0 radical (unpaired) electrons. The van der Waals surface area contributed by atoms with Gasteiger partial charge in [0.15, 0.2) is 0 Å². The third-order valence-corrected chi connectivity index (χ3v) is 5.15. The van der Waals surface area contributed by atoms with Gasteiger partial charge >= 0.3 is 5.97 Å². The third kappa shape index (κ3) is 2.63. The molecule has 0 N–H and O–H groups in total. The van der Waals surface area contributed by atoms with Gasteiger partial charge in [0.05, 0.1) is 13.0 Å². The topological polar surface area (TPSA) is 29.5 Å². The first-order valence-corrected chi connectivity index (χ1v) is 8.08. The van der Waals surface area contributed by atoms with Crippen LogP contribution in [0.15, 0.2) is 22.7 Å². The van der Waals surface area contributed by atoms with Gasteiger partial charge in [-0.25, -0.2) is 0 Å². The van der Waals surface area contributed by atoms with Crippen molar-refractivity contribution in [2.45, 2.75) is 31.7 Å². The summed E-state index contributed by atoms with van der Waals surface area (Å²) in [4.78, 5) is 14.1. The Bertz CT molecular complexity index is 509. The Labute approximate surface area is 128 Å². The fourth-order valence-electron chi connectivity index (χ4n) is 3.56. The van der Waals surface area contributed by atoms with Crippen LogP contribution in [0.1, 0.15) is 36.4 Å². The second-order valence-corrected chi connectivity index (χ2v) is 6.65. The highest BCUT2D eigenvalue weighted by Gasteiger charge is 2.32. The third-order valence-electron chi connectivity index (χ3n) is 4.66. The minimum atomic E-state index is -0.0413. The molecule has 20 heavy (non-hydrogen) atoms. The van der Waals surface area contributed by atoms with Gasteiger partial charge in [-0.15, -0.1) is 0 Å². The molecule has 0 aromatic heterocycles. The lowest BCUT2D eigenvalue weighted by Gasteiger charge is -2.35. The summed E-state index contributed by atoms with van der Waals surface area (Å²) in [5.74, 6) is 0.0578. The molecule has 4 heteroatoms. The molecule has 0 spiro atoms. The number of halogens is 1. The number of carbonyl (C=O) groups excluding carboxylic acids is 1. The van der Waals surface area contributed by atoms with Crippen molar-refractivity contribution < 1.29 is 9.53 Å². The number of nitrogens with zero attached hydrogens (tertiary/aromatic N) is 1. The van der Waals surface area contributed by atoms with Crippen molar-refractivity contribution >= 4 is 21.9 Å². The second kappa shape index (κ2) is 5.86. The van der Waals surface area contributed by atoms with Gasteiger partial charge in [-0.2, -0.15) is 0 Å². The van der Waals surface area contributed by atoms with Crippen molar-refractivity contribution in [3.8, 4) is 0 Å². The fraction of sp³-hybridized carbons (Fsp3) is 0.562. The van der Waals surface area contributed by atoms with Crippen LogP contribution in [0.5, 0.6) is 0 Å². The number of hydrogen-bond donors (Lipinski definition) is 0. The summed E-state index contributed by atoms with van der Waals surface area (Å²) in [5.41, 5.74) is 2.95. The minimum Gasteiger partial charge on any atom is -0.469 e. The summed E-state index contributed by atoms with van der Waals surface area (Å²) in [7, 11) is 1.49. The summed E-state index contributed by atoms with van der Waals surface area (Å²) in [6.07, 6.45) is 4.22. The van der Waals surface area contributed by atoms with Crippen molar-refractivity contribution in [3.05, 3.63) is 33.8 Å². The summed E-state index contributed by atoms with van der Waals surface area (Å²) in [6.45, 7) is 2.00. The van der Waals surface area contributed by atoms with E-state index in [4.69, 9.17) is 4.74 Å². The molecule has 108 valence electrons. The van der Waals surface area contributed by atoms with Gasteiger partial charge in [-0.1, -0.05) is 22.0 Å². The van der Waals surface area contributed by atoms with Crippen molar-refractivity contribution in [1.82, 2.24) is 4.90 Å². The number of fused-ring (bicyclic) bond motifs is 1. The van der Waals surface area contributed by atoms with Crippen LogP contribution in [0.2, 0.25) is 0 Å². The average Bonchev–Trinajstić information content (AvgIpc) is 2.89. The van der Waals surface area contributed by atoms with Gasteiger partial charge in [0.25, 0.3) is 0 Å². The van der Waals surface area contributed by atoms with E-state index in [0.717, 1.165) is 32.4 Å². The Morgan fingerprint density at radius 2 is 2.05 bits per heavy atom. The quantitative estimate of drug-likeness (QED) is 0.775. The highest BCUT2D eigenvalue weighted by Crippen LogP contribution is 2.38. The van der Waals surface area contributed by atoms with Crippen LogP contribution in [0.4, 0.5) is 0 Å². The molecule has 3 nitrogen and oxygen atoms in total. The lowest BCUT2D eigenvalue weighted by Crippen LogP contribution is -2.38. The zero-order valence-electron chi connectivity index (χ0n) is 11.8. The van der Waals surface area contributed by atoms with E-state index in [1.807, 2.05) is 0 Å². The summed E-state index contributed by atoms with van der Waals surface area (Å²) in [5, 5.41) is 0. The molecule has 0 amide bonds. The number of piperidine rings is 1. The van der Waals surface area contributed by atoms with Crippen LogP contribution >= 0.6 is 15.9 Å². The lowest BCUT2D eigenvalue weighted by atomic mass is 9.95. The van der Waals surface area contributed by atoms with E-state index in [0.29, 0.717) is 6.04 Å². The largest absolute Gasteiger partial charge is 0.469 e. The zero-order valence-corrected chi connectivity index (χ0v) is 13.4. The Balaban J connectivity index is 1.67. The highest BCUT2D eigenvalue weighted by molar-refractivity contribution is 9.10. The number of ether oxygens (including phenoxy) is 1. The molecule has 1 aromatic carbocycles. The second-order valence-electron chi connectivity index (χ2n) is 5.73. The van der Waals surface area contributed by atoms with Gasteiger partial charge < -0.3 is 4.74 Å². The van der Waals surface area contributed by atoms with Crippen LogP contribution in [0.3, 0.4) is 0 Å². The molecule has 1 aliphatic heterocycles. The van der Waals surface area contributed by atoms with E-state index in [2.05, 4.69) is 39.0 Å². The Morgan fingerprint density at radius 1 is 1.30 bits per heavy atom. The smallest absolute Gasteiger partial charge is 0.308 e. The number of likely N-dealkylation sites (tertiary alicyclic amines) is 1. The van der Waals surface area contributed by atoms with Crippen LogP contribution in [-0.4, -0.2) is 31.1 Å². The van der Waals surface area contributed by atoms with E-state index in [9.17, 15) is 4.79 Å². The van der Waals surface area contributed by atoms with E-state index < -0.39 is 0 Å². The maximum Gasteiger partial charge on any atom is 0.308 e. The highest BCUT2D eigenvalue weighted by atomic mass is 79.9. The monoisotopic (exact) mass is 337 g/mol. The average molecular weight is 338 g/mol. The molecule has 0 saturated carbocycles. The first-order valence-electron chi connectivity index (χ1n) is 7.29. The fourth-order valence-corrected chi connectivity index (χ4v) is 3.96. The molecule has 1 saturated heterocycles. The van der Waals surface area contributed by atoms with Gasteiger partial charge in [0, 0.05) is 10.5 Å². The van der Waals surface area contributed by atoms with E-state index in [-0.39, 0.29) is 11.9 Å². The van der Waals surface area contributed by atoms with E-state index in [1.54, 1.807) is 0 Å². The molecule has 1 aliphatic carbocycles. The standard InChI is InChI=1S/C16H20BrNO2/c1-20-16(19)11-6-8-18(9-7-11)15-5-2-12-10-13(17)3-4-14(12)15/h3-4,10-11,15H,2,5-9H2,1H3. The Morgan fingerprint density at radius 3 is 2.75 bits per heavy atom. The molecule has 2 aliphatic rings. The number of hydrogen-bond acceptors (Lipinski definition) is 3. The number of aryl methyl sites for hydroxylation is 1. The van der Waals surface area contributed by atoms with E-state index >= 15 is 0 Å². The molecule has 3 rings (SSSR count). The molecule has 1 atom stereocenters. The number of methoxy groups -OCH3 is 1. The molecule has 1 unspecified atom stereocenters. The van der Waals surface area contributed by atoms with Crippen molar-refractivity contribution in [1.29, 1.82) is 0 Å². The van der Waals surface area contributed by atoms with Gasteiger partial charge in [0.1, 0.15) is 0 Å². The van der Waals surface area contributed by atoms with Crippen LogP contribution in [0, 0.1) is 5.92 Å². The minimum absolute atomic E-state index is 0.0413. The normalized spacial score (nSPS) is 23.6. The van der Waals surface area contributed by atoms with Crippen molar-refractivity contribution in [3.63, 3.8) is 0 Å². The molecule has 0 bridgehead atoms. The SMILES string of the molecule is COC(=O)C1CCN(C2CCc3cc(Br)ccc32)CC1. The van der Waals surface area contributed by atoms with Gasteiger partial charge in [-0.3, -0.25) is 9.69 Å². The predicted octanol–water partition coefficient (Wildman–Crippen LogP) is 3.32. The van der Waals surface area contributed by atoms with Crippen molar-refractivity contribution in [2.24, 2.45) is 5.92 Å². The Kier molecular flexibility index (Phi) is 4.13. The lowest BCUT2D eigenvalue weighted by molar-refractivity contribution is -0.147. The Hall–Kier alpha value is -0.870. The first-order chi connectivity index (χ1) is 9.69. The maximum absolute atomic E-state index is 11.6. The molecule has 1 aromatic rings. The zero-order chi connectivity index (χ0) is 14.1. The van der Waals surface area contributed by atoms with Crippen LogP contribution in [-0.2, 0) is 16.0 Å². The van der Waals surface area contributed by atoms with Crippen LogP contribution < -0.4 is 0 Å². The number of benzene rings is 1. The number of rotatable bonds is 2. The van der Waals surface area contributed by atoms with Gasteiger partial charge in [0.2, 0.25) is 0 Å². The predicted molar refractivity (Wildman–Crippen MR) is 81.5 cm³/mol. The van der Waals surface area contributed by atoms with Crippen molar-refractivity contribution in [2.75, 3.05) is 20.2 Å². The van der Waals surface area contributed by atoms with E-state index in [1.165, 1.54) is 29.1 Å². The number of esters is 1. The molecular formula is C16H20BrNO2. The first kappa shape index (κ1) is 14.1. The molecular weight excluding hydrogens is 318 g/mol.